The van der Waals surface area contributed by atoms with E-state index in [2.05, 4.69) is 5.10 Å². The molecule has 0 saturated carbocycles. The summed E-state index contributed by atoms with van der Waals surface area (Å²) in [6, 6.07) is 12.0. The highest BCUT2D eigenvalue weighted by Crippen LogP contribution is 2.38. The summed E-state index contributed by atoms with van der Waals surface area (Å²) in [5.41, 5.74) is 2.47. The first-order valence-electron chi connectivity index (χ1n) is 8.70. The lowest BCUT2D eigenvalue weighted by Crippen LogP contribution is -2.08. The van der Waals surface area contributed by atoms with Gasteiger partial charge in [-0.1, -0.05) is 29.8 Å². The molecule has 0 aliphatic heterocycles. The largest absolute Gasteiger partial charge is 0.416 e. The molecular formula is C21H13Cl2F3N2O. The van der Waals surface area contributed by atoms with Crippen molar-refractivity contribution in [1.29, 1.82) is 0 Å². The zero-order valence-corrected chi connectivity index (χ0v) is 16.3. The van der Waals surface area contributed by atoms with Gasteiger partial charge in [-0.3, -0.25) is 4.79 Å². The second kappa shape index (κ2) is 7.35. The van der Waals surface area contributed by atoms with E-state index in [1.54, 1.807) is 12.1 Å². The number of fused-ring (bicyclic) bond motifs is 1. The monoisotopic (exact) mass is 436 g/mol. The molecule has 3 aromatic rings. The number of alkyl halides is 3. The van der Waals surface area contributed by atoms with E-state index in [0.717, 1.165) is 23.3 Å². The highest BCUT2D eigenvalue weighted by Gasteiger charge is 2.33. The average Bonchev–Trinajstić information content (AvgIpc) is 3.24. The molecule has 29 heavy (non-hydrogen) atoms. The number of nitrogens with zero attached hydrogens (tertiary/aromatic N) is 2. The molecule has 0 amide bonds. The summed E-state index contributed by atoms with van der Waals surface area (Å²) >= 11 is 11.6. The Labute approximate surface area is 174 Å². The maximum absolute atomic E-state index is 13.2. The van der Waals surface area contributed by atoms with Gasteiger partial charge in [-0.15, -0.1) is 0 Å². The van der Waals surface area contributed by atoms with Gasteiger partial charge in [0, 0.05) is 10.6 Å². The molecule has 0 N–H and O–H groups in total. The van der Waals surface area contributed by atoms with E-state index in [0.29, 0.717) is 29.1 Å². The number of benzene rings is 2. The molecule has 0 saturated heterocycles. The van der Waals surface area contributed by atoms with E-state index in [1.807, 2.05) is 18.2 Å². The van der Waals surface area contributed by atoms with Gasteiger partial charge in [0.2, 0.25) is 0 Å². The van der Waals surface area contributed by atoms with Gasteiger partial charge in [-0.25, -0.2) is 4.68 Å². The lowest BCUT2D eigenvalue weighted by Gasteiger charge is -2.11. The molecule has 1 aliphatic rings. The van der Waals surface area contributed by atoms with Crippen molar-refractivity contribution >= 4 is 40.1 Å². The molecule has 0 unspecified atom stereocenters. The Kier molecular flexibility index (Phi) is 5.00. The van der Waals surface area contributed by atoms with Crippen molar-refractivity contribution in [1.82, 2.24) is 9.78 Å². The Morgan fingerprint density at radius 3 is 2.48 bits per heavy atom. The van der Waals surface area contributed by atoms with Gasteiger partial charge in [0.15, 0.2) is 0 Å². The van der Waals surface area contributed by atoms with Crippen LogP contribution < -0.4 is 0 Å². The van der Waals surface area contributed by atoms with Gasteiger partial charge < -0.3 is 0 Å². The minimum atomic E-state index is -4.49. The van der Waals surface area contributed by atoms with Crippen molar-refractivity contribution in [3.63, 3.8) is 0 Å². The average molecular weight is 437 g/mol. The fraction of sp³-hybridized carbons (Fsp3) is 0.143. The van der Waals surface area contributed by atoms with Crippen molar-refractivity contribution in [3.05, 3.63) is 81.6 Å². The van der Waals surface area contributed by atoms with E-state index < -0.39 is 17.0 Å². The molecule has 148 valence electrons. The molecule has 0 atom stereocenters. The van der Waals surface area contributed by atoms with Crippen LogP contribution in [0.2, 0.25) is 5.02 Å². The molecule has 0 fully saturated rings. The minimum Gasteiger partial charge on any atom is -0.274 e. The van der Waals surface area contributed by atoms with E-state index in [1.165, 1.54) is 16.8 Å². The quantitative estimate of drug-likeness (QED) is 0.444. The van der Waals surface area contributed by atoms with Gasteiger partial charge in [0.1, 0.15) is 5.69 Å². The topological polar surface area (TPSA) is 34.9 Å². The third-order valence-electron chi connectivity index (χ3n) is 4.75. The van der Waals surface area contributed by atoms with Crippen LogP contribution in [0.1, 0.15) is 39.3 Å². The van der Waals surface area contributed by atoms with Crippen molar-refractivity contribution in [2.45, 2.75) is 19.0 Å². The third kappa shape index (κ3) is 3.82. The van der Waals surface area contributed by atoms with Crippen molar-refractivity contribution in [3.8, 4) is 5.69 Å². The predicted molar refractivity (Wildman–Crippen MR) is 106 cm³/mol. The van der Waals surface area contributed by atoms with E-state index >= 15 is 0 Å². The van der Waals surface area contributed by atoms with Crippen LogP contribution >= 0.6 is 23.2 Å². The molecule has 0 radical (unpaired) electrons. The Morgan fingerprint density at radius 2 is 1.83 bits per heavy atom. The number of hydrogen-bond acceptors (Lipinski definition) is 2. The smallest absolute Gasteiger partial charge is 0.274 e. The van der Waals surface area contributed by atoms with Crippen LogP contribution in [0.4, 0.5) is 13.2 Å². The number of allylic oxidation sites excluding steroid dienone is 1. The van der Waals surface area contributed by atoms with Crippen LogP contribution in [0.25, 0.3) is 17.3 Å². The SMILES string of the molecule is O=C(Cl)c1nn(-c2cccc(C(F)(F)F)c2)c2c1CC/C2=C/c1ccc(Cl)cc1. The van der Waals surface area contributed by atoms with Gasteiger partial charge in [0.05, 0.1) is 16.9 Å². The van der Waals surface area contributed by atoms with Crippen LogP contribution in [-0.2, 0) is 12.6 Å². The number of carbonyl (C=O) groups excluding carboxylic acids is 1. The zero-order chi connectivity index (χ0) is 20.8. The van der Waals surface area contributed by atoms with E-state index in [-0.39, 0.29) is 11.4 Å². The standard InChI is InChI=1S/C21H13Cl2F3N2O/c22-15-7-4-12(5-8-15)10-13-6-9-17-18(20(23)29)27-28(19(13)17)16-3-1-2-14(11-16)21(24,25)26/h1-5,7-8,10-11H,6,9H2/b13-10-. The summed E-state index contributed by atoms with van der Waals surface area (Å²) in [6.45, 7) is 0. The fourth-order valence-electron chi connectivity index (χ4n) is 3.45. The van der Waals surface area contributed by atoms with Crippen LogP contribution in [0.5, 0.6) is 0 Å². The molecule has 8 heteroatoms. The van der Waals surface area contributed by atoms with Crippen LogP contribution in [0.3, 0.4) is 0 Å². The van der Waals surface area contributed by atoms with Gasteiger partial charge in [0.25, 0.3) is 5.24 Å². The second-order valence-electron chi connectivity index (χ2n) is 6.63. The molecule has 3 nitrogen and oxygen atoms in total. The Balaban J connectivity index is 1.88. The minimum absolute atomic E-state index is 0.0681. The second-order valence-corrected chi connectivity index (χ2v) is 7.41. The first-order chi connectivity index (χ1) is 13.7. The number of halogens is 5. The summed E-state index contributed by atoms with van der Waals surface area (Å²) in [7, 11) is 0. The number of rotatable bonds is 3. The molecule has 1 aliphatic carbocycles. The van der Waals surface area contributed by atoms with Crippen LogP contribution in [0, 0.1) is 0 Å². The number of carbonyl (C=O) groups is 1. The highest BCUT2D eigenvalue weighted by atomic mass is 35.5. The Morgan fingerprint density at radius 1 is 1.10 bits per heavy atom. The van der Waals surface area contributed by atoms with Gasteiger partial charge >= 0.3 is 6.18 Å². The van der Waals surface area contributed by atoms with E-state index in [4.69, 9.17) is 23.2 Å². The summed E-state index contributed by atoms with van der Waals surface area (Å²) < 4.78 is 40.9. The zero-order valence-electron chi connectivity index (χ0n) is 14.8. The summed E-state index contributed by atoms with van der Waals surface area (Å²) in [5, 5.41) is 4.10. The maximum Gasteiger partial charge on any atom is 0.416 e. The molecule has 0 bridgehead atoms. The number of aromatic nitrogens is 2. The third-order valence-corrected chi connectivity index (χ3v) is 5.18. The van der Waals surface area contributed by atoms with E-state index in [9.17, 15) is 18.0 Å². The molecule has 1 heterocycles. The molecule has 0 spiro atoms. The summed E-state index contributed by atoms with van der Waals surface area (Å²) in [4.78, 5) is 11.9. The number of hydrogen-bond donors (Lipinski definition) is 0. The first-order valence-corrected chi connectivity index (χ1v) is 9.45. The summed E-state index contributed by atoms with van der Waals surface area (Å²) in [6.07, 6.45) is -1.43. The predicted octanol–water partition coefficient (Wildman–Crippen LogP) is 6.41. The molecule has 1 aromatic heterocycles. The van der Waals surface area contributed by atoms with Crippen molar-refractivity contribution in [2.24, 2.45) is 0 Å². The Hall–Kier alpha value is -2.57. The van der Waals surface area contributed by atoms with Crippen molar-refractivity contribution < 1.29 is 18.0 Å². The maximum atomic E-state index is 13.2. The molecular weight excluding hydrogens is 424 g/mol. The first kappa shape index (κ1) is 19.7. The fourth-order valence-corrected chi connectivity index (χ4v) is 3.73. The normalized spacial score (nSPS) is 15.0. The summed E-state index contributed by atoms with van der Waals surface area (Å²) in [5.74, 6) is 0. The highest BCUT2D eigenvalue weighted by molar-refractivity contribution is 6.67. The lowest BCUT2D eigenvalue weighted by molar-refractivity contribution is -0.137. The van der Waals surface area contributed by atoms with Crippen LogP contribution in [-0.4, -0.2) is 15.0 Å². The van der Waals surface area contributed by atoms with Gasteiger partial charge in [-0.2, -0.15) is 18.3 Å². The van der Waals surface area contributed by atoms with Crippen molar-refractivity contribution in [2.75, 3.05) is 0 Å². The molecule has 2 aromatic carbocycles. The van der Waals surface area contributed by atoms with Crippen LogP contribution in [0.15, 0.2) is 48.5 Å². The van der Waals surface area contributed by atoms with Gasteiger partial charge in [-0.05, 0) is 72.0 Å². The molecule has 4 rings (SSSR count). The lowest BCUT2D eigenvalue weighted by atomic mass is 10.1. The Bertz CT molecular complexity index is 1130.